The minimum Gasteiger partial charge on any atom is -0.508 e. The fraction of sp³-hybridized carbons (Fsp3) is 0.250. The molecule has 0 aliphatic rings. The predicted octanol–water partition coefficient (Wildman–Crippen LogP) is 1.28. The third-order valence-electron chi connectivity index (χ3n) is 1.60. The van der Waals surface area contributed by atoms with E-state index in [1.54, 1.807) is 0 Å². The lowest BCUT2D eigenvalue weighted by Crippen LogP contribution is -1.88. The number of aromatic hydroxyl groups is 3. The summed E-state index contributed by atoms with van der Waals surface area (Å²) in [6.45, 7) is 0. The molecule has 0 bridgehead atoms. The molecule has 0 saturated carbocycles. The lowest BCUT2D eigenvalue weighted by Gasteiger charge is -2.06. The SMILES string of the molecule is Oc1ccc(O)c(CCS)c1O. The minimum atomic E-state index is -0.260. The van der Waals surface area contributed by atoms with Crippen molar-refractivity contribution < 1.29 is 15.3 Å². The van der Waals surface area contributed by atoms with Gasteiger partial charge in [0.05, 0.1) is 0 Å². The van der Waals surface area contributed by atoms with Crippen LogP contribution in [0.4, 0.5) is 0 Å². The molecule has 1 aromatic carbocycles. The van der Waals surface area contributed by atoms with Crippen LogP contribution >= 0.6 is 12.6 Å². The molecule has 0 unspecified atom stereocenters. The predicted molar refractivity (Wildman–Crippen MR) is 49.0 cm³/mol. The fourth-order valence-corrected chi connectivity index (χ4v) is 1.20. The van der Waals surface area contributed by atoms with Crippen molar-refractivity contribution in [2.24, 2.45) is 0 Å². The van der Waals surface area contributed by atoms with E-state index < -0.39 is 0 Å². The molecule has 66 valence electrons. The van der Waals surface area contributed by atoms with Gasteiger partial charge in [0.15, 0.2) is 11.5 Å². The Kier molecular flexibility index (Phi) is 2.70. The van der Waals surface area contributed by atoms with Crippen LogP contribution in [0.1, 0.15) is 5.56 Å². The summed E-state index contributed by atoms with van der Waals surface area (Å²) in [5.74, 6) is 0.0119. The van der Waals surface area contributed by atoms with Crippen LogP contribution < -0.4 is 0 Å². The molecule has 4 heteroatoms. The largest absolute Gasteiger partial charge is 0.508 e. The van der Waals surface area contributed by atoms with Crippen molar-refractivity contribution in [1.29, 1.82) is 0 Å². The van der Waals surface area contributed by atoms with Crippen LogP contribution in [0.2, 0.25) is 0 Å². The molecule has 12 heavy (non-hydrogen) atoms. The van der Waals surface area contributed by atoms with Crippen LogP contribution in [-0.4, -0.2) is 21.1 Å². The van der Waals surface area contributed by atoms with Gasteiger partial charge in [-0.1, -0.05) is 0 Å². The zero-order valence-electron chi connectivity index (χ0n) is 6.36. The first-order valence-electron chi connectivity index (χ1n) is 3.50. The van der Waals surface area contributed by atoms with Gasteiger partial charge in [-0.05, 0) is 24.3 Å². The Morgan fingerprint density at radius 1 is 1.08 bits per heavy atom. The summed E-state index contributed by atoms with van der Waals surface area (Å²) < 4.78 is 0. The van der Waals surface area contributed by atoms with Gasteiger partial charge in [0.25, 0.3) is 0 Å². The number of phenols is 3. The first kappa shape index (κ1) is 9.06. The van der Waals surface area contributed by atoms with Gasteiger partial charge in [0, 0.05) is 5.56 Å². The number of hydrogen-bond acceptors (Lipinski definition) is 4. The van der Waals surface area contributed by atoms with E-state index in [-0.39, 0.29) is 17.2 Å². The van der Waals surface area contributed by atoms with Gasteiger partial charge in [-0.15, -0.1) is 0 Å². The Balaban J connectivity index is 3.14. The highest BCUT2D eigenvalue weighted by Gasteiger charge is 2.09. The molecule has 0 heterocycles. The second kappa shape index (κ2) is 3.58. The van der Waals surface area contributed by atoms with Gasteiger partial charge >= 0.3 is 0 Å². The molecule has 0 radical (unpaired) electrons. The van der Waals surface area contributed by atoms with Crippen molar-refractivity contribution in [1.82, 2.24) is 0 Å². The maximum absolute atomic E-state index is 9.27. The average Bonchev–Trinajstić information content (AvgIpc) is 2.06. The Bertz CT molecular complexity index is 286. The van der Waals surface area contributed by atoms with E-state index in [9.17, 15) is 10.2 Å². The average molecular weight is 186 g/mol. The van der Waals surface area contributed by atoms with Gasteiger partial charge in [0.2, 0.25) is 0 Å². The molecular formula is C8H10O3S. The summed E-state index contributed by atoms with van der Waals surface area (Å²) in [5.41, 5.74) is 0.338. The Morgan fingerprint density at radius 2 is 1.67 bits per heavy atom. The minimum absolute atomic E-state index is 0.0145. The van der Waals surface area contributed by atoms with Crippen molar-refractivity contribution >= 4 is 12.6 Å². The maximum atomic E-state index is 9.27. The molecule has 0 aliphatic heterocycles. The molecule has 1 aromatic rings. The lowest BCUT2D eigenvalue weighted by molar-refractivity contribution is 0.390. The molecule has 0 spiro atoms. The van der Waals surface area contributed by atoms with Crippen molar-refractivity contribution in [2.75, 3.05) is 5.75 Å². The van der Waals surface area contributed by atoms with Crippen LogP contribution in [0.5, 0.6) is 17.2 Å². The monoisotopic (exact) mass is 186 g/mol. The Labute approximate surface area is 75.7 Å². The lowest BCUT2D eigenvalue weighted by atomic mass is 10.1. The second-order valence-corrected chi connectivity index (χ2v) is 2.85. The van der Waals surface area contributed by atoms with Gasteiger partial charge in [-0.3, -0.25) is 0 Å². The number of benzene rings is 1. The molecule has 0 aliphatic carbocycles. The smallest absolute Gasteiger partial charge is 0.164 e. The topological polar surface area (TPSA) is 60.7 Å². The molecule has 0 fully saturated rings. The Hall–Kier alpha value is -1.03. The number of phenolic OH excluding ortho intramolecular Hbond substituents is 3. The van der Waals surface area contributed by atoms with Crippen LogP contribution in [0.3, 0.4) is 0 Å². The van der Waals surface area contributed by atoms with E-state index >= 15 is 0 Å². The van der Waals surface area contributed by atoms with E-state index in [1.807, 2.05) is 0 Å². The third-order valence-corrected chi connectivity index (χ3v) is 1.82. The fourth-order valence-electron chi connectivity index (χ4n) is 0.972. The maximum Gasteiger partial charge on any atom is 0.164 e. The molecular weight excluding hydrogens is 176 g/mol. The van der Waals surface area contributed by atoms with Gasteiger partial charge in [0.1, 0.15) is 5.75 Å². The van der Waals surface area contributed by atoms with Crippen LogP contribution in [-0.2, 0) is 6.42 Å². The quantitative estimate of drug-likeness (QED) is 0.319. The highest BCUT2D eigenvalue weighted by molar-refractivity contribution is 7.80. The summed E-state index contributed by atoms with van der Waals surface area (Å²) in [5, 5.41) is 27.6. The van der Waals surface area contributed by atoms with Crippen molar-refractivity contribution in [3.05, 3.63) is 17.7 Å². The van der Waals surface area contributed by atoms with Crippen LogP contribution in [0.25, 0.3) is 0 Å². The molecule has 0 saturated heterocycles. The summed E-state index contributed by atoms with van der Waals surface area (Å²) in [6, 6.07) is 2.58. The van der Waals surface area contributed by atoms with E-state index in [4.69, 9.17) is 5.11 Å². The summed E-state index contributed by atoms with van der Waals surface area (Å²) in [6.07, 6.45) is 0.426. The Morgan fingerprint density at radius 3 is 2.25 bits per heavy atom. The van der Waals surface area contributed by atoms with E-state index in [1.165, 1.54) is 12.1 Å². The summed E-state index contributed by atoms with van der Waals surface area (Å²) >= 11 is 3.96. The highest BCUT2D eigenvalue weighted by Crippen LogP contribution is 2.35. The van der Waals surface area contributed by atoms with E-state index in [0.29, 0.717) is 17.7 Å². The van der Waals surface area contributed by atoms with Crippen molar-refractivity contribution in [2.45, 2.75) is 6.42 Å². The normalized spacial score (nSPS) is 10.1. The summed E-state index contributed by atoms with van der Waals surface area (Å²) in [7, 11) is 0. The van der Waals surface area contributed by atoms with E-state index in [0.717, 1.165) is 0 Å². The molecule has 3 nitrogen and oxygen atoms in total. The third kappa shape index (κ3) is 1.58. The first-order valence-corrected chi connectivity index (χ1v) is 4.13. The second-order valence-electron chi connectivity index (χ2n) is 2.40. The zero-order valence-corrected chi connectivity index (χ0v) is 7.25. The number of rotatable bonds is 2. The van der Waals surface area contributed by atoms with Crippen molar-refractivity contribution in [3.8, 4) is 17.2 Å². The molecule has 0 amide bonds. The molecule has 0 atom stereocenters. The van der Waals surface area contributed by atoms with Gasteiger partial charge in [-0.2, -0.15) is 12.6 Å². The number of thiol groups is 1. The summed E-state index contributed by atoms with van der Waals surface area (Å²) in [4.78, 5) is 0. The molecule has 3 N–H and O–H groups in total. The number of hydrogen-bond donors (Lipinski definition) is 4. The first-order chi connectivity index (χ1) is 5.66. The van der Waals surface area contributed by atoms with Crippen molar-refractivity contribution in [3.63, 3.8) is 0 Å². The molecule has 1 rings (SSSR count). The van der Waals surface area contributed by atoms with Crippen LogP contribution in [0, 0.1) is 0 Å². The standard InChI is InChI=1S/C8H10O3S/c9-6-1-2-7(10)8(11)5(6)3-4-12/h1-2,9-12H,3-4H2. The highest BCUT2D eigenvalue weighted by atomic mass is 32.1. The molecule has 0 aromatic heterocycles. The van der Waals surface area contributed by atoms with E-state index in [2.05, 4.69) is 12.6 Å². The van der Waals surface area contributed by atoms with Crippen LogP contribution in [0.15, 0.2) is 12.1 Å². The van der Waals surface area contributed by atoms with Gasteiger partial charge in [-0.25, -0.2) is 0 Å². The zero-order chi connectivity index (χ0) is 9.14. The van der Waals surface area contributed by atoms with Gasteiger partial charge < -0.3 is 15.3 Å².